The maximum absolute atomic E-state index is 12.5. The van der Waals surface area contributed by atoms with Crippen molar-refractivity contribution in [3.05, 3.63) is 54.1 Å². The van der Waals surface area contributed by atoms with E-state index in [2.05, 4.69) is 30.0 Å². The molecule has 0 bridgehead atoms. The Labute approximate surface area is 177 Å². The van der Waals surface area contributed by atoms with E-state index in [1.54, 1.807) is 4.90 Å². The van der Waals surface area contributed by atoms with Gasteiger partial charge in [-0.1, -0.05) is 49.7 Å². The molecule has 6 heteroatoms. The molecule has 1 N–H and O–H groups in total. The molecule has 4 rings (SSSR count). The summed E-state index contributed by atoms with van der Waals surface area (Å²) in [7, 11) is 0. The minimum Gasteiger partial charge on any atom is -0.383 e. The number of benzene rings is 2. The van der Waals surface area contributed by atoms with Crippen molar-refractivity contribution in [1.82, 2.24) is 14.9 Å². The summed E-state index contributed by atoms with van der Waals surface area (Å²) in [5.41, 5.74) is 3.08. The van der Waals surface area contributed by atoms with E-state index in [-0.39, 0.29) is 5.91 Å². The quantitative estimate of drug-likeness (QED) is 0.706. The molecule has 0 saturated carbocycles. The van der Waals surface area contributed by atoms with Crippen molar-refractivity contribution in [2.24, 2.45) is 0 Å². The molecule has 1 atom stereocenters. The molecule has 1 aromatic heterocycles. The van der Waals surface area contributed by atoms with Crippen LogP contribution in [0.5, 0.6) is 0 Å². The molecule has 156 valence electrons. The first kappa shape index (κ1) is 20.3. The molecule has 1 amide bonds. The molecule has 3 aromatic rings. The van der Waals surface area contributed by atoms with Crippen LogP contribution in [0.3, 0.4) is 0 Å². The summed E-state index contributed by atoms with van der Waals surface area (Å²) in [6.45, 7) is 6.56. The van der Waals surface area contributed by atoms with Crippen LogP contribution in [0.25, 0.3) is 22.3 Å². The van der Waals surface area contributed by atoms with Crippen LogP contribution in [0.2, 0.25) is 0 Å². The van der Waals surface area contributed by atoms with Crippen molar-refractivity contribution < 1.29 is 9.90 Å². The van der Waals surface area contributed by atoms with Crippen LogP contribution in [0.15, 0.2) is 48.5 Å². The van der Waals surface area contributed by atoms with Gasteiger partial charge in [-0.3, -0.25) is 4.79 Å². The molecule has 0 radical (unpaired) electrons. The van der Waals surface area contributed by atoms with Crippen molar-refractivity contribution >= 4 is 22.6 Å². The number of aliphatic hydroxyl groups excluding tert-OH is 1. The van der Waals surface area contributed by atoms with E-state index in [1.165, 1.54) is 0 Å². The van der Waals surface area contributed by atoms with E-state index >= 15 is 0 Å². The molecule has 2 aromatic carbocycles. The molecule has 30 heavy (non-hydrogen) atoms. The number of carbonyl (C=O) groups excluding carboxylic acids is 1. The summed E-state index contributed by atoms with van der Waals surface area (Å²) in [5.74, 6) is 1.46. The normalized spacial score (nSPS) is 15.4. The number of rotatable bonds is 5. The third-order valence-corrected chi connectivity index (χ3v) is 5.71. The minimum absolute atomic E-state index is 0.162. The molecule has 1 fully saturated rings. The predicted octanol–water partition coefficient (Wildman–Crippen LogP) is 3.41. The molecule has 2 heterocycles. The maximum Gasteiger partial charge on any atom is 0.251 e. The Morgan fingerprint density at radius 2 is 1.73 bits per heavy atom. The lowest BCUT2D eigenvalue weighted by Crippen LogP contribution is -2.51. The van der Waals surface area contributed by atoms with E-state index < -0.39 is 6.10 Å². The van der Waals surface area contributed by atoms with Gasteiger partial charge in [-0.2, -0.15) is 0 Å². The molecular formula is C24H28N4O2. The van der Waals surface area contributed by atoms with E-state index in [0.29, 0.717) is 32.6 Å². The van der Waals surface area contributed by atoms with Crippen LogP contribution < -0.4 is 4.90 Å². The number of piperazine rings is 1. The number of aryl methyl sites for hydroxylation is 1. The lowest BCUT2D eigenvalue weighted by Gasteiger charge is -2.36. The van der Waals surface area contributed by atoms with Crippen LogP contribution >= 0.6 is 0 Å². The number of amides is 1. The maximum atomic E-state index is 12.5. The van der Waals surface area contributed by atoms with Gasteiger partial charge in [0, 0.05) is 37.1 Å². The zero-order chi connectivity index (χ0) is 21.1. The summed E-state index contributed by atoms with van der Waals surface area (Å²) >= 11 is 0. The standard InChI is InChI=1S/C24H28N4O2/c1-3-8-21(29)24(30)28-15-13-27(14-16-28)23-19-11-6-7-12-20(19)25-22(26-23)18-10-5-4-9-17(18)2/h4-7,9-12,21,29H,3,8,13-16H2,1-2H3. The number of aliphatic hydroxyl groups is 1. The number of aromatic nitrogens is 2. The van der Waals surface area contributed by atoms with Crippen molar-refractivity contribution in [2.45, 2.75) is 32.8 Å². The molecule has 0 spiro atoms. The van der Waals surface area contributed by atoms with Crippen LogP contribution in [-0.2, 0) is 4.79 Å². The van der Waals surface area contributed by atoms with Gasteiger partial charge in [-0.25, -0.2) is 9.97 Å². The Morgan fingerprint density at radius 3 is 2.47 bits per heavy atom. The van der Waals surface area contributed by atoms with Gasteiger partial charge in [0.05, 0.1) is 5.52 Å². The van der Waals surface area contributed by atoms with Crippen molar-refractivity contribution in [2.75, 3.05) is 31.1 Å². The van der Waals surface area contributed by atoms with Gasteiger partial charge in [-0.15, -0.1) is 0 Å². The predicted molar refractivity (Wildman–Crippen MR) is 119 cm³/mol. The Bertz CT molecular complexity index is 1040. The number of hydrogen-bond acceptors (Lipinski definition) is 5. The summed E-state index contributed by atoms with van der Waals surface area (Å²) in [5, 5.41) is 11.1. The third kappa shape index (κ3) is 4.00. The second-order valence-electron chi connectivity index (χ2n) is 7.82. The smallest absolute Gasteiger partial charge is 0.251 e. The fourth-order valence-electron chi connectivity index (χ4n) is 3.99. The summed E-state index contributed by atoms with van der Waals surface area (Å²) in [4.78, 5) is 26.2. The highest BCUT2D eigenvalue weighted by Gasteiger charge is 2.27. The summed E-state index contributed by atoms with van der Waals surface area (Å²) in [6, 6.07) is 16.2. The monoisotopic (exact) mass is 404 g/mol. The number of para-hydroxylation sites is 1. The van der Waals surface area contributed by atoms with Gasteiger partial charge in [-0.05, 0) is 31.0 Å². The van der Waals surface area contributed by atoms with E-state index in [4.69, 9.17) is 9.97 Å². The third-order valence-electron chi connectivity index (χ3n) is 5.71. The number of carbonyl (C=O) groups is 1. The molecule has 1 aliphatic heterocycles. The number of fused-ring (bicyclic) bond motifs is 1. The second-order valence-corrected chi connectivity index (χ2v) is 7.82. The highest BCUT2D eigenvalue weighted by molar-refractivity contribution is 5.91. The molecule has 0 aliphatic carbocycles. The van der Waals surface area contributed by atoms with Crippen molar-refractivity contribution in [1.29, 1.82) is 0 Å². The number of nitrogens with zero attached hydrogens (tertiary/aromatic N) is 4. The first-order chi connectivity index (χ1) is 14.6. The van der Waals surface area contributed by atoms with E-state index in [1.807, 2.05) is 37.3 Å². The zero-order valence-electron chi connectivity index (χ0n) is 17.6. The Hall–Kier alpha value is -2.99. The van der Waals surface area contributed by atoms with Crippen LogP contribution in [0.4, 0.5) is 5.82 Å². The molecular weight excluding hydrogens is 376 g/mol. The molecule has 6 nitrogen and oxygen atoms in total. The highest BCUT2D eigenvalue weighted by Crippen LogP contribution is 2.29. The summed E-state index contributed by atoms with van der Waals surface area (Å²) < 4.78 is 0. The molecule has 1 aliphatic rings. The Balaban J connectivity index is 1.63. The number of hydrogen-bond donors (Lipinski definition) is 1. The minimum atomic E-state index is -0.894. The van der Waals surface area contributed by atoms with Gasteiger partial charge < -0.3 is 14.9 Å². The number of anilines is 1. The second kappa shape index (κ2) is 8.79. The van der Waals surface area contributed by atoms with Crippen LogP contribution in [-0.4, -0.2) is 58.2 Å². The lowest BCUT2D eigenvalue weighted by molar-refractivity contribution is -0.140. The highest BCUT2D eigenvalue weighted by atomic mass is 16.3. The van der Waals surface area contributed by atoms with Crippen LogP contribution in [0, 0.1) is 6.92 Å². The Morgan fingerprint density at radius 1 is 1.03 bits per heavy atom. The van der Waals surface area contributed by atoms with Gasteiger partial charge in [0.1, 0.15) is 11.9 Å². The summed E-state index contributed by atoms with van der Waals surface area (Å²) in [6.07, 6.45) is 0.408. The fraction of sp³-hybridized carbons (Fsp3) is 0.375. The van der Waals surface area contributed by atoms with Gasteiger partial charge in [0.25, 0.3) is 5.91 Å². The first-order valence-corrected chi connectivity index (χ1v) is 10.6. The molecule has 1 unspecified atom stereocenters. The Kier molecular flexibility index (Phi) is 5.95. The van der Waals surface area contributed by atoms with Crippen molar-refractivity contribution in [3.8, 4) is 11.4 Å². The van der Waals surface area contributed by atoms with E-state index in [9.17, 15) is 9.90 Å². The lowest BCUT2D eigenvalue weighted by atomic mass is 10.1. The zero-order valence-corrected chi connectivity index (χ0v) is 17.6. The van der Waals surface area contributed by atoms with Crippen molar-refractivity contribution in [3.63, 3.8) is 0 Å². The van der Waals surface area contributed by atoms with Gasteiger partial charge >= 0.3 is 0 Å². The van der Waals surface area contributed by atoms with Crippen LogP contribution in [0.1, 0.15) is 25.3 Å². The molecule has 1 saturated heterocycles. The average molecular weight is 405 g/mol. The fourth-order valence-corrected chi connectivity index (χ4v) is 3.99. The average Bonchev–Trinajstić information content (AvgIpc) is 2.78. The first-order valence-electron chi connectivity index (χ1n) is 10.6. The topological polar surface area (TPSA) is 69.6 Å². The van der Waals surface area contributed by atoms with Gasteiger partial charge in [0.15, 0.2) is 5.82 Å². The van der Waals surface area contributed by atoms with E-state index in [0.717, 1.165) is 40.1 Å². The SMILES string of the molecule is CCCC(O)C(=O)N1CCN(c2nc(-c3ccccc3C)nc3ccccc23)CC1. The largest absolute Gasteiger partial charge is 0.383 e. The van der Waals surface area contributed by atoms with Gasteiger partial charge in [0.2, 0.25) is 0 Å².